The lowest BCUT2D eigenvalue weighted by molar-refractivity contribution is 0.344. The molecule has 0 unspecified atom stereocenters. The molecule has 0 N–H and O–H groups in total. The van der Waals surface area contributed by atoms with Gasteiger partial charge in [0.2, 0.25) is 0 Å². The van der Waals surface area contributed by atoms with Gasteiger partial charge in [0.05, 0.1) is 6.61 Å². The molecule has 0 spiro atoms. The molecular formula is C7H7Br2NO. The standard InChI is InChI=1S/C7H7Br2NO/c8-2-4-11-6-1-3-10-7(9)5-6/h1,3,5H,2,4H2. The summed E-state index contributed by atoms with van der Waals surface area (Å²) in [6, 6.07) is 3.66. The minimum absolute atomic E-state index is 0.677. The van der Waals surface area contributed by atoms with Crippen LogP contribution in [-0.2, 0) is 0 Å². The molecule has 4 heteroatoms. The number of hydrogen-bond acceptors (Lipinski definition) is 2. The largest absolute Gasteiger partial charge is 0.493 e. The monoisotopic (exact) mass is 279 g/mol. The Hall–Kier alpha value is -0.0900. The second kappa shape index (κ2) is 4.72. The van der Waals surface area contributed by atoms with Gasteiger partial charge in [-0.2, -0.15) is 0 Å². The van der Waals surface area contributed by atoms with Crippen molar-refractivity contribution in [2.24, 2.45) is 0 Å². The molecule has 1 aromatic rings. The van der Waals surface area contributed by atoms with E-state index < -0.39 is 0 Å². The molecule has 0 aromatic carbocycles. The van der Waals surface area contributed by atoms with E-state index in [0.717, 1.165) is 15.7 Å². The molecule has 1 heterocycles. The summed E-state index contributed by atoms with van der Waals surface area (Å²) in [6.45, 7) is 0.677. The fraction of sp³-hybridized carbons (Fsp3) is 0.286. The summed E-state index contributed by atoms with van der Waals surface area (Å²) in [6.07, 6.45) is 1.70. The second-order valence-corrected chi connectivity index (χ2v) is 3.46. The molecule has 0 atom stereocenters. The molecule has 0 aliphatic carbocycles. The maximum atomic E-state index is 5.32. The average molecular weight is 281 g/mol. The molecule has 0 saturated carbocycles. The van der Waals surface area contributed by atoms with Crippen molar-refractivity contribution in [1.82, 2.24) is 4.98 Å². The highest BCUT2D eigenvalue weighted by Gasteiger charge is 1.93. The van der Waals surface area contributed by atoms with Crippen LogP contribution in [0.2, 0.25) is 0 Å². The van der Waals surface area contributed by atoms with E-state index in [4.69, 9.17) is 4.74 Å². The summed E-state index contributed by atoms with van der Waals surface area (Å²) in [5.74, 6) is 0.839. The first-order chi connectivity index (χ1) is 5.33. The summed E-state index contributed by atoms with van der Waals surface area (Å²) < 4.78 is 6.11. The molecular weight excluding hydrogens is 274 g/mol. The molecule has 0 aliphatic rings. The van der Waals surface area contributed by atoms with Crippen LogP contribution in [0.15, 0.2) is 22.9 Å². The van der Waals surface area contributed by atoms with Crippen molar-refractivity contribution in [2.75, 3.05) is 11.9 Å². The van der Waals surface area contributed by atoms with Gasteiger partial charge in [-0.15, -0.1) is 0 Å². The zero-order valence-electron chi connectivity index (χ0n) is 5.76. The molecule has 1 aromatic heterocycles. The fourth-order valence-electron chi connectivity index (χ4n) is 0.631. The van der Waals surface area contributed by atoms with E-state index in [2.05, 4.69) is 36.8 Å². The Bertz CT molecular complexity index is 229. The van der Waals surface area contributed by atoms with Gasteiger partial charge in [0, 0.05) is 17.6 Å². The van der Waals surface area contributed by atoms with E-state index in [0.29, 0.717) is 6.61 Å². The highest BCUT2D eigenvalue weighted by atomic mass is 79.9. The van der Waals surface area contributed by atoms with Crippen molar-refractivity contribution in [3.05, 3.63) is 22.9 Å². The topological polar surface area (TPSA) is 22.1 Å². The summed E-state index contributed by atoms with van der Waals surface area (Å²) in [4.78, 5) is 3.97. The number of alkyl halides is 1. The molecule has 0 fully saturated rings. The summed E-state index contributed by atoms with van der Waals surface area (Å²) in [7, 11) is 0. The number of hydrogen-bond donors (Lipinski definition) is 0. The Labute approximate surface area is 82.2 Å². The van der Waals surface area contributed by atoms with Gasteiger partial charge in [-0.05, 0) is 22.0 Å². The zero-order chi connectivity index (χ0) is 8.10. The van der Waals surface area contributed by atoms with Gasteiger partial charge < -0.3 is 4.74 Å². The van der Waals surface area contributed by atoms with Gasteiger partial charge in [-0.3, -0.25) is 0 Å². The number of rotatable bonds is 3. The highest BCUT2D eigenvalue weighted by Crippen LogP contribution is 2.14. The Morgan fingerprint density at radius 1 is 1.55 bits per heavy atom. The van der Waals surface area contributed by atoms with E-state index >= 15 is 0 Å². The van der Waals surface area contributed by atoms with Crippen LogP contribution in [-0.4, -0.2) is 16.9 Å². The third-order valence-electron chi connectivity index (χ3n) is 1.04. The molecule has 1 rings (SSSR count). The first-order valence-electron chi connectivity index (χ1n) is 3.13. The zero-order valence-corrected chi connectivity index (χ0v) is 8.93. The van der Waals surface area contributed by atoms with Crippen LogP contribution in [0.5, 0.6) is 5.75 Å². The molecule has 2 nitrogen and oxygen atoms in total. The van der Waals surface area contributed by atoms with Crippen LogP contribution in [0.1, 0.15) is 0 Å². The number of nitrogens with zero attached hydrogens (tertiary/aromatic N) is 1. The normalized spacial score (nSPS) is 9.64. The summed E-state index contributed by atoms with van der Waals surface area (Å²) >= 11 is 6.52. The predicted octanol–water partition coefficient (Wildman–Crippen LogP) is 2.62. The van der Waals surface area contributed by atoms with Gasteiger partial charge >= 0.3 is 0 Å². The lowest BCUT2D eigenvalue weighted by atomic mass is 10.5. The van der Waals surface area contributed by atoms with Crippen molar-refractivity contribution in [3.8, 4) is 5.75 Å². The lowest BCUT2D eigenvalue weighted by Crippen LogP contribution is -1.97. The quantitative estimate of drug-likeness (QED) is 0.627. The maximum absolute atomic E-state index is 5.32. The molecule has 60 valence electrons. The molecule has 0 amide bonds. The van der Waals surface area contributed by atoms with Crippen molar-refractivity contribution < 1.29 is 4.74 Å². The van der Waals surface area contributed by atoms with Gasteiger partial charge in [0.1, 0.15) is 10.4 Å². The van der Waals surface area contributed by atoms with Crippen LogP contribution >= 0.6 is 31.9 Å². The summed E-state index contributed by atoms with van der Waals surface area (Å²) in [5.41, 5.74) is 0. The molecule has 0 aliphatic heterocycles. The van der Waals surface area contributed by atoms with E-state index in [1.54, 1.807) is 6.20 Å². The minimum atomic E-state index is 0.677. The molecule has 0 bridgehead atoms. The van der Waals surface area contributed by atoms with Crippen LogP contribution < -0.4 is 4.74 Å². The molecule has 11 heavy (non-hydrogen) atoms. The SMILES string of the molecule is BrCCOc1ccnc(Br)c1. The van der Waals surface area contributed by atoms with E-state index in [1.165, 1.54) is 0 Å². The van der Waals surface area contributed by atoms with Gasteiger partial charge in [-0.25, -0.2) is 4.98 Å². The fourth-order valence-corrected chi connectivity index (χ4v) is 1.14. The number of ether oxygens (including phenoxy) is 1. The van der Waals surface area contributed by atoms with Crippen molar-refractivity contribution in [2.45, 2.75) is 0 Å². The predicted molar refractivity (Wildman–Crippen MR) is 51.2 cm³/mol. The van der Waals surface area contributed by atoms with Crippen molar-refractivity contribution in [1.29, 1.82) is 0 Å². The van der Waals surface area contributed by atoms with Crippen LogP contribution in [0.3, 0.4) is 0 Å². The van der Waals surface area contributed by atoms with E-state index in [-0.39, 0.29) is 0 Å². The lowest BCUT2D eigenvalue weighted by Gasteiger charge is -2.02. The highest BCUT2D eigenvalue weighted by molar-refractivity contribution is 9.10. The first kappa shape index (κ1) is 9.00. The minimum Gasteiger partial charge on any atom is -0.493 e. The Kier molecular flexibility index (Phi) is 3.86. The number of aromatic nitrogens is 1. The van der Waals surface area contributed by atoms with Crippen LogP contribution in [0.4, 0.5) is 0 Å². The molecule has 0 radical (unpaired) electrons. The van der Waals surface area contributed by atoms with Crippen molar-refractivity contribution >= 4 is 31.9 Å². The van der Waals surface area contributed by atoms with Crippen LogP contribution in [0, 0.1) is 0 Å². The van der Waals surface area contributed by atoms with E-state index in [1.807, 2.05) is 12.1 Å². The van der Waals surface area contributed by atoms with Gasteiger partial charge in [0.25, 0.3) is 0 Å². The summed E-state index contributed by atoms with van der Waals surface area (Å²) in [5, 5.41) is 0.840. The van der Waals surface area contributed by atoms with Gasteiger partial charge in [-0.1, -0.05) is 15.9 Å². The smallest absolute Gasteiger partial charge is 0.123 e. The molecule has 0 saturated heterocycles. The maximum Gasteiger partial charge on any atom is 0.123 e. The average Bonchev–Trinajstić information content (AvgIpc) is 2.01. The van der Waals surface area contributed by atoms with Crippen molar-refractivity contribution in [3.63, 3.8) is 0 Å². The van der Waals surface area contributed by atoms with E-state index in [9.17, 15) is 0 Å². The Morgan fingerprint density at radius 3 is 3.00 bits per heavy atom. The van der Waals surface area contributed by atoms with Gasteiger partial charge in [0.15, 0.2) is 0 Å². The number of halogens is 2. The number of pyridine rings is 1. The van der Waals surface area contributed by atoms with Crippen LogP contribution in [0.25, 0.3) is 0 Å². The third kappa shape index (κ3) is 3.20. The Morgan fingerprint density at radius 2 is 2.36 bits per heavy atom. The third-order valence-corrected chi connectivity index (χ3v) is 1.80. The Balaban J connectivity index is 2.56. The second-order valence-electron chi connectivity index (χ2n) is 1.85. The first-order valence-corrected chi connectivity index (χ1v) is 5.04.